The van der Waals surface area contributed by atoms with Crippen molar-refractivity contribution in [1.29, 1.82) is 5.41 Å². The smallest absolute Gasteiger partial charge is 0.168 e. The molecule has 3 heterocycles. The second kappa shape index (κ2) is 6.06. The van der Waals surface area contributed by atoms with Crippen LogP contribution in [0, 0.1) is 5.41 Å². The van der Waals surface area contributed by atoms with Crippen molar-refractivity contribution in [3.8, 4) is 5.69 Å². The van der Waals surface area contributed by atoms with Crippen LogP contribution in [0.25, 0.3) is 11.4 Å². The lowest BCUT2D eigenvalue weighted by molar-refractivity contribution is 0.556. The van der Waals surface area contributed by atoms with E-state index in [0.717, 1.165) is 22.5 Å². The molecule has 27 heavy (non-hydrogen) atoms. The van der Waals surface area contributed by atoms with E-state index in [4.69, 9.17) is 5.41 Å². The van der Waals surface area contributed by atoms with Gasteiger partial charge < -0.3 is 0 Å². The summed E-state index contributed by atoms with van der Waals surface area (Å²) in [6.07, 6.45) is 5.10. The molecule has 2 aliphatic heterocycles. The van der Waals surface area contributed by atoms with Crippen LogP contribution in [-0.2, 0) is 0 Å². The molecular formula is C20H15N7. The van der Waals surface area contributed by atoms with Crippen LogP contribution < -0.4 is 5.43 Å². The summed E-state index contributed by atoms with van der Waals surface area (Å²) in [5.74, 6) is 1.44. The number of fused-ring (bicyclic) bond motifs is 3. The molecule has 0 bridgehead atoms. The first-order valence-corrected chi connectivity index (χ1v) is 8.48. The standard InChI is InChI=1S/C20H15N7/c21-18-11-17(14-7-3-1-4-8-14)25-26-13-22-19-16(20(26)24-18)12-23-27(19)15-9-5-2-6-10-15/h1-13,21,25H. The van der Waals surface area contributed by atoms with Gasteiger partial charge in [-0.1, -0.05) is 48.5 Å². The number of aromatic nitrogens is 2. The summed E-state index contributed by atoms with van der Waals surface area (Å²) in [6, 6.07) is 19.7. The minimum Gasteiger partial charge on any atom is -0.291 e. The lowest BCUT2D eigenvalue weighted by Crippen LogP contribution is -2.42. The second-order valence-corrected chi connectivity index (χ2v) is 6.10. The molecule has 2 aromatic carbocycles. The van der Waals surface area contributed by atoms with E-state index in [1.807, 2.05) is 60.7 Å². The van der Waals surface area contributed by atoms with Gasteiger partial charge in [-0.2, -0.15) is 5.10 Å². The molecule has 2 N–H and O–H groups in total. The Morgan fingerprint density at radius 1 is 0.926 bits per heavy atom. The summed E-state index contributed by atoms with van der Waals surface area (Å²) in [5, 5.41) is 14.4. The maximum Gasteiger partial charge on any atom is 0.168 e. The number of hydrogen-bond acceptors (Lipinski definition) is 5. The van der Waals surface area contributed by atoms with Crippen molar-refractivity contribution in [1.82, 2.24) is 20.2 Å². The molecule has 0 amide bonds. The highest BCUT2D eigenvalue weighted by Crippen LogP contribution is 2.28. The molecule has 0 aliphatic carbocycles. The molecule has 1 aromatic heterocycles. The molecule has 7 heteroatoms. The fourth-order valence-corrected chi connectivity index (χ4v) is 3.09. The summed E-state index contributed by atoms with van der Waals surface area (Å²) in [7, 11) is 0. The fraction of sp³-hybridized carbons (Fsp3) is 0. The average Bonchev–Trinajstić information content (AvgIpc) is 3.07. The quantitative estimate of drug-likeness (QED) is 0.743. The molecular weight excluding hydrogens is 338 g/mol. The monoisotopic (exact) mass is 353 g/mol. The van der Waals surface area contributed by atoms with E-state index in [1.165, 1.54) is 0 Å². The predicted octanol–water partition coefficient (Wildman–Crippen LogP) is 3.13. The Labute approximate surface area is 155 Å². The van der Waals surface area contributed by atoms with E-state index in [1.54, 1.807) is 28.3 Å². The Bertz CT molecular complexity index is 1110. The normalized spacial score (nSPS) is 15.3. The van der Waals surface area contributed by atoms with Gasteiger partial charge in [-0.3, -0.25) is 10.8 Å². The lowest BCUT2D eigenvalue weighted by Gasteiger charge is -2.25. The van der Waals surface area contributed by atoms with Gasteiger partial charge in [0.15, 0.2) is 11.7 Å². The molecule has 0 saturated carbocycles. The van der Waals surface area contributed by atoms with Gasteiger partial charge in [-0.05, 0) is 17.7 Å². The van der Waals surface area contributed by atoms with E-state index in [9.17, 15) is 0 Å². The zero-order valence-electron chi connectivity index (χ0n) is 14.2. The van der Waals surface area contributed by atoms with Gasteiger partial charge in [-0.15, -0.1) is 0 Å². The summed E-state index contributed by atoms with van der Waals surface area (Å²) < 4.78 is 1.77. The van der Waals surface area contributed by atoms with Gasteiger partial charge in [0.1, 0.15) is 12.2 Å². The molecule has 0 radical (unpaired) electrons. The van der Waals surface area contributed by atoms with Crippen LogP contribution in [0.4, 0.5) is 5.82 Å². The van der Waals surface area contributed by atoms with Crippen LogP contribution in [0.2, 0.25) is 0 Å². The summed E-state index contributed by atoms with van der Waals surface area (Å²) >= 11 is 0. The molecule has 3 aromatic rings. The number of hydrazine groups is 1. The topological polar surface area (TPSA) is 81.7 Å². The van der Waals surface area contributed by atoms with E-state index in [0.29, 0.717) is 11.7 Å². The zero-order valence-corrected chi connectivity index (χ0v) is 14.2. The van der Waals surface area contributed by atoms with Crippen molar-refractivity contribution >= 4 is 29.5 Å². The number of nitrogens with zero attached hydrogens (tertiary/aromatic N) is 5. The number of amidine groups is 2. The maximum atomic E-state index is 8.24. The first kappa shape index (κ1) is 15.3. The number of hydrogen-bond donors (Lipinski definition) is 2. The van der Waals surface area contributed by atoms with Gasteiger partial charge in [0.2, 0.25) is 0 Å². The maximum absolute atomic E-state index is 8.24. The van der Waals surface area contributed by atoms with Crippen molar-refractivity contribution in [3.05, 3.63) is 84.1 Å². The van der Waals surface area contributed by atoms with Crippen LogP contribution in [0.15, 0.2) is 82.9 Å². The third-order valence-corrected chi connectivity index (χ3v) is 4.34. The van der Waals surface area contributed by atoms with Crippen LogP contribution in [0.3, 0.4) is 0 Å². The molecule has 0 atom stereocenters. The molecule has 130 valence electrons. The second-order valence-electron chi connectivity index (χ2n) is 6.10. The van der Waals surface area contributed by atoms with Crippen molar-refractivity contribution in [3.63, 3.8) is 0 Å². The largest absolute Gasteiger partial charge is 0.291 e. The van der Waals surface area contributed by atoms with Gasteiger partial charge >= 0.3 is 0 Å². The number of para-hydroxylation sites is 1. The average molecular weight is 353 g/mol. The Morgan fingerprint density at radius 2 is 1.67 bits per heavy atom. The number of rotatable bonds is 2. The summed E-state index contributed by atoms with van der Waals surface area (Å²) in [6.45, 7) is 0. The molecule has 7 nitrogen and oxygen atoms in total. The Hall–Kier alpha value is -4.00. The van der Waals surface area contributed by atoms with Gasteiger partial charge in [0.25, 0.3) is 0 Å². The molecule has 0 fully saturated rings. The third-order valence-electron chi connectivity index (χ3n) is 4.34. The lowest BCUT2D eigenvalue weighted by atomic mass is 10.1. The first-order chi connectivity index (χ1) is 13.3. The highest BCUT2D eigenvalue weighted by molar-refractivity contribution is 6.17. The van der Waals surface area contributed by atoms with Gasteiger partial charge in [0.05, 0.1) is 23.1 Å². The minimum absolute atomic E-state index is 0.160. The molecule has 0 unspecified atom stereocenters. The minimum atomic E-state index is 0.160. The van der Waals surface area contributed by atoms with Gasteiger partial charge in [-0.25, -0.2) is 19.7 Å². The molecule has 5 rings (SSSR count). The van der Waals surface area contributed by atoms with Crippen LogP contribution in [-0.4, -0.2) is 32.8 Å². The van der Waals surface area contributed by atoms with Crippen LogP contribution in [0.5, 0.6) is 0 Å². The molecule has 0 spiro atoms. The SMILES string of the molecule is N=C1C=C(c2ccccc2)NN2C=Nc3c(cnn3-c3ccccc3)C2=N1. The van der Waals surface area contributed by atoms with Crippen LogP contribution >= 0.6 is 0 Å². The summed E-state index contributed by atoms with van der Waals surface area (Å²) in [5.41, 5.74) is 6.73. The van der Waals surface area contributed by atoms with Crippen molar-refractivity contribution in [2.45, 2.75) is 0 Å². The predicted molar refractivity (Wildman–Crippen MR) is 105 cm³/mol. The Balaban J connectivity index is 1.55. The van der Waals surface area contributed by atoms with Crippen molar-refractivity contribution in [2.24, 2.45) is 9.98 Å². The van der Waals surface area contributed by atoms with Gasteiger partial charge in [0, 0.05) is 6.08 Å². The zero-order chi connectivity index (χ0) is 18.2. The Kier molecular flexibility index (Phi) is 3.43. The Morgan fingerprint density at radius 3 is 2.44 bits per heavy atom. The molecule has 0 saturated heterocycles. The van der Waals surface area contributed by atoms with Crippen molar-refractivity contribution in [2.75, 3.05) is 0 Å². The van der Waals surface area contributed by atoms with E-state index < -0.39 is 0 Å². The number of aliphatic imine (C=N–C) groups is 2. The third kappa shape index (κ3) is 2.62. The van der Waals surface area contributed by atoms with E-state index in [2.05, 4.69) is 20.5 Å². The highest BCUT2D eigenvalue weighted by Gasteiger charge is 2.27. The fourth-order valence-electron chi connectivity index (χ4n) is 3.09. The van der Waals surface area contributed by atoms with Crippen molar-refractivity contribution < 1.29 is 0 Å². The number of benzene rings is 2. The highest BCUT2D eigenvalue weighted by atomic mass is 15.6. The van der Waals surface area contributed by atoms with E-state index >= 15 is 0 Å². The summed E-state index contributed by atoms with van der Waals surface area (Å²) in [4.78, 5) is 9.03. The van der Waals surface area contributed by atoms with Crippen LogP contribution in [0.1, 0.15) is 11.1 Å². The first-order valence-electron chi connectivity index (χ1n) is 8.48. The number of nitrogens with one attached hydrogen (secondary N) is 2. The van der Waals surface area contributed by atoms with E-state index in [-0.39, 0.29) is 5.84 Å². The molecule has 2 aliphatic rings.